The zero-order valence-electron chi connectivity index (χ0n) is 31.9. The molecule has 0 atom stereocenters. The average Bonchev–Trinajstić information content (AvgIpc) is 3.94. The molecule has 2 aromatic heterocycles. The molecule has 2 fully saturated rings. The molecule has 5 aromatic rings. The molecule has 6 aliphatic rings. The summed E-state index contributed by atoms with van der Waals surface area (Å²) in [6, 6.07) is 16.9. The number of aryl methyl sites for hydroxylation is 1. The van der Waals surface area contributed by atoms with E-state index >= 15 is 0 Å². The number of ether oxygens (including phenoxy) is 2. The Morgan fingerprint density at radius 2 is 1.00 bits per heavy atom. The fraction of sp³-hybridized carbons (Fsp3) is 0.292. The van der Waals surface area contributed by atoms with Crippen LogP contribution in [0.15, 0.2) is 60.7 Å². The number of fused-ring (bicyclic) bond motifs is 10. The number of carbonyl (C=O) groups excluding carboxylic acids is 4. The molecule has 0 amide bonds. The van der Waals surface area contributed by atoms with Crippen LogP contribution in [0.4, 0.5) is 13.2 Å². The van der Waals surface area contributed by atoms with Crippen LogP contribution in [0.3, 0.4) is 0 Å². The van der Waals surface area contributed by atoms with Gasteiger partial charge in [0.2, 0.25) is 23.1 Å². The highest BCUT2D eigenvalue weighted by atomic mass is 32.1. The number of allylic oxidation sites excluding steroid dienone is 2. The van der Waals surface area contributed by atoms with Gasteiger partial charge in [-0.15, -0.1) is 22.7 Å². The van der Waals surface area contributed by atoms with Crippen LogP contribution in [0, 0.1) is 6.92 Å². The van der Waals surface area contributed by atoms with Gasteiger partial charge in [0.25, 0.3) is 0 Å². The average molecular weight is 829 g/mol. The zero-order valence-corrected chi connectivity index (χ0v) is 33.5. The monoisotopic (exact) mass is 828 g/mol. The van der Waals surface area contributed by atoms with Crippen molar-refractivity contribution >= 4 is 69.1 Å². The summed E-state index contributed by atoms with van der Waals surface area (Å²) >= 11 is 2.99. The number of thiophene rings is 2. The third kappa shape index (κ3) is 5.49. The first-order valence-electron chi connectivity index (χ1n) is 20.1. The highest BCUT2D eigenvalue weighted by Crippen LogP contribution is 2.60. The van der Waals surface area contributed by atoms with Gasteiger partial charge in [-0.3, -0.25) is 19.2 Å². The Hall–Kier alpha value is -5.39. The van der Waals surface area contributed by atoms with Crippen molar-refractivity contribution in [3.05, 3.63) is 115 Å². The molecule has 0 bridgehead atoms. The van der Waals surface area contributed by atoms with Gasteiger partial charge in [0.05, 0.1) is 15.3 Å². The van der Waals surface area contributed by atoms with Gasteiger partial charge in [-0.2, -0.15) is 13.2 Å². The first-order chi connectivity index (χ1) is 28.3. The van der Waals surface area contributed by atoms with Crippen molar-refractivity contribution in [2.75, 3.05) is 0 Å². The summed E-state index contributed by atoms with van der Waals surface area (Å²) < 4.78 is 54.8. The number of ketones is 4. The first-order valence-corrected chi connectivity index (χ1v) is 21.8. The molecule has 3 aromatic carbocycles. The predicted molar refractivity (Wildman–Crippen MR) is 221 cm³/mol. The van der Waals surface area contributed by atoms with E-state index in [2.05, 4.69) is 12.1 Å². The Kier molecular flexibility index (Phi) is 7.96. The Morgan fingerprint density at radius 1 is 0.542 bits per heavy atom. The van der Waals surface area contributed by atoms with E-state index in [1.165, 1.54) is 17.4 Å². The second kappa shape index (κ2) is 12.8. The lowest BCUT2D eigenvalue weighted by Gasteiger charge is -2.45. The van der Waals surface area contributed by atoms with Crippen LogP contribution in [-0.2, 0) is 27.0 Å². The van der Waals surface area contributed by atoms with Crippen molar-refractivity contribution in [3.63, 3.8) is 0 Å². The van der Waals surface area contributed by atoms with Gasteiger partial charge in [-0.05, 0) is 124 Å². The van der Waals surface area contributed by atoms with Crippen LogP contribution in [-0.4, -0.2) is 23.1 Å². The maximum Gasteiger partial charge on any atom is 0.416 e. The molecule has 0 N–H and O–H groups in total. The summed E-state index contributed by atoms with van der Waals surface area (Å²) in [5.74, 6) is -1.29. The second-order valence-corrected chi connectivity index (χ2v) is 18.8. The van der Waals surface area contributed by atoms with Crippen molar-refractivity contribution in [1.82, 2.24) is 0 Å². The van der Waals surface area contributed by atoms with E-state index in [-0.39, 0.29) is 16.7 Å². The fourth-order valence-corrected chi connectivity index (χ4v) is 12.3. The van der Waals surface area contributed by atoms with E-state index in [0.717, 1.165) is 125 Å². The van der Waals surface area contributed by atoms with Crippen molar-refractivity contribution in [3.8, 4) is 32.4 Å². The highest BCUT2D eigenvalue weighted by Gasteiger charge is 2.48. The van der Waals surface area contributed by atoms with Crippen molar-refractivity contribution in [2.24, 2.45) is 0 Å². The number of Topliss-reactive ketones (excluding diaryl/α,β-unsaturated/α-hetero) is 4. The van der Waals surface area contributed by atoms with Crippen LogP contribution in [0.2, 0.25) is 0 Å². The smallest absolute Gasteiger partial charge is 0.416 e. The van der Waals surface area contributed by atoms with Gasteiger partial charge in [0.1, 0.15) is 22.7 Å². The third-order valence-corrected chi connectivity index (χ3v) is 15.3. The Bertz CT molecular complexity index is 2820. The second-order valence-electron chi connectivity index (χ2n) is 16.7. The summed E-state index contributed by atoms with van der Waals surface area (Å²) in [5.41, 5.74) is 4.63. The largest absolute Gasteiger partial charge is 0.481 e. The van der Waals surface area contributed by atoms with Crippen LogP contribution in [0.5, 0.6) is 11.5 Å². The minimum atomic E-state index is -4.65. The summed E-state index contributed by atoms with van der Waals surface area (Å²) in [5, 5.41) is 0. The number of rotatable bonds is 2. The van der Waals surface area contributed by atoms with Crippen LogP contribution in [0.25, 0.3) is 44.2 Å². The Balaban J connectivity index is 1.06. The summed E-state index contributed by atoms with van der Waals surface area (Å²) in [7, 11) is 0. The van der Waals surface area contributed by atoms with Gasteiger partial charge in [0, 0.05) is 54.3 Å². The number of alkyl halides is 3. The number of hydrogen-bond acceptors (Lipinski definition) is 8. The lowest BCUT2D eigenvalue weighted by atomic mass is 9.71. The number of hydrogen-bond donors (Lipinski definition) is 0. The van der Waals surface area contributed by atoms with Crippen molar-refractivity contribution < 1.29 is 41.8 Å². The minimum absolute atomic E-state index is 0.0724. The van der Waals surface area contributed by atoms with Gasteiger partial charge >= 0.3 is 6.18 Å². The van der Waals surface area contributed by atoms with E-state index in [0.29, 0.717) is 27.3 Å². The van der Waals surface area contributed by atoms with Gasteiger partial charge in [-0.25, -0.2) is 0 Å². The number of carbonyl (C=O) groups is 4. The molecule has 296 valence electrons. The molecule has 2 aliphatic heterocycles. The molecule has 11 rings (SSSR count). The molecule has 59 heavy (non-hydrogen) atoms. The minimum Gasteiger partial charge on any atom is -0.481 e. The standard InChI is InChI=1S/C48H35F3O6S2/c1-24-8-10-28-30(16-24)40(52)42(54)32(28)18-26-20-38-44(58-26)34-22-37-35(23-36(34)46(56-38)12-4-2-5-13-46)45-39(57-47(37)14-6-3-7-15-47)21-27(59-45)19-33-29-11-9-25(48(49,50)51)17-31(29)41(53)43(33)55/h8-11,16-23H,2-7,12-15H2,1H3/b32-18-,33-19-. The molecule has 11 heteroatoms. The maximum atomic E-state index is 13.5. The van der Waals surface area contributed by atoms with Gasteiger partial charge in [0.15, 0.2) is 0 Å². The quantitative estimate of drug-likeness (QED) is 0.130. The molecule has 4 heterocycles. The molecular weight excluding hydrogens is 794 g/mol. The molecule has 4 aliphatic carbocycles. The molecule has 0 saturated heterocycles. The van der Waals surface area contributed by atoms with Crippen molar-refractivity contribution in [1.29, 1.82) is 0 Å². The molecular formula is C48H35F3O6S2. The van der Waals surface area contributed by atoms with Crippen LogP contribution < -0.4 is 9.47 Å². The third-order valence-electron chi connectivity index (χ3n) is 13.1. The fourth-order valence-electron chi connectivity index (χ4n) is 10.2. The van der Waals surface area contributed by atoms with Crippen LogP contribution in [0.1, 0.15) is 128 Å². The van der Waals surface area contributed by atoms with Gasteiger partial charge in [-0.1, -0.05) is 36.6 Å². The van der Waals surface area contributed by atoms with E-state index in [1.54, 1.807) is 23.5 Å². The predicted octanol–water partition coefficient (Wildman–Crippen LogP) is 12.2. The normalized spacial score (nSPS) is 20.9. The zero-order chi connectivity index (χ0) is 40.6. The summed E-state index contributed by atoms with van der Waals surface area (Å²) in [4.78, 5) is 55.9. The Morgan fingerprint density at radius 3 is 1.47 bits per heavy atom. The number of halogens is 3. The van der Waals surface area contributed by atoms with E-state index < -0.39 is 46.1 Å². The molecule has 2 saturated carbocycles. The molecule has 6 nitrogen and oxygen atoms in total. The molecule has 0 radical (unpaired) electrons. The summed E-state index contributed by atoms with van der Waals surface area (Å²) in [6.45, 7) is 1.90. The van der Waals surface area contributed by atoms with Gasteiger partial charge < -0.3 is 9.47 Å². The SMILES string of the molecule is Cc1ccc2c(c1)C(=O)C(=O)/C2=C\c1cc2c(s1)-c1cc3c(cc1C1(CCCCC1)O2)-c1sc(/C=C2\C(=O)C(=O)c4cc(C(F)(F)F)ccc42)cc1OC31CCCCC1. The maximum absolute atomic E-state index is 13.5. The molecule has 0 unspecified atom stereocenters. The first kappa shape index (κ1) is 36.7. The van der Waals surface area contributed by atoms with E-state index in [9.17, 15) is 32.3 Å². The van der Waals surface area contributed by atoms with Crippen molar-refractivity contribution in [2.45, 2.75) is 88.5 Å². The lowest BCUT2D eigenvalue weighted by Crippen LogP contribution is -2.40. The lowest BCUT2D eigenvalue weighted by molar-refractivity contribution is -0.137. The number of benzene rings is 3. The van der Waals surface area contributed by atoms with E-state index in [1.807, 2.05) is 37.3 Å². The Labute approximate surface area is 345 Å². The van der Waals surface area contributed by atoms with Crippen LogP contribution >= 0.6 is 22.7 Å². The summed E-state index contributed by atoms with van der Waals surface area (Å²) in [6.07, 6.45) is 8.31. The highest BCUT2D eigenvalue weighted by molar-refractivity contribution is 7.17. The van der Waals surface area contributed by atoms with E-state index in [4.69, 9.17) is 9.47 Å². The molecule has 2 spiro atoms. The topological polar surface area (TPSA) is 86.7 Å².